The molecule has 0 aliphatic heterocycles. The van der Waals surface area contributed by atoms with Gasteiger partial charge in [0.2, 0.25) is 0 Å². The molecule has 2 fully saturated rings. The highest BCUT2D eigenvalue weighted by atomic mass is 35.5. The lowest BCUT2D eigenvalue weighted by Crippen LogP contribution is -2.28. The summed E-state index contributed by atoms with van der Waals surface area (Å²) in [5, 5.41) is 4.43. The van der Waals surface area contributed by atoms with Gasteiger partial charge in [0.05, 0.1) is 12.2 Å². The summed E-state index contributed by atoms with van der Waals surface area (Å²) in [6.07, 6.45) is 10.8. The Kier molecular flexibility index (Phi) is 5.56. The number of halogens is 1. The maximum Gasteiger partial charge on any atom is 0.0967 e. The van der Waals surface area contributed by atoms with Crippen molar-refractivity contribution in [2.45, 2.75) is 69.6 Å². The molecule has 0 saturated heterocycles. The van der Waals surface area contributed by atoms with Gasteiger partial charge in [-0.25, -0.2) is 0 Å². The second-order valence-electron chi connectivity index (χ2n) is 6.44. The minimum absolute atomic E-state index is 0.0856. The predicted octanol–water partition coefficient (Wildman–Crippen LogP) is 4.87. The van der Waals surface area contributed by atoms with E-state index in [1.165, 1.54) is 51.4 Å². The molecule has 1 aromatic carbocycles. The van der Waals surface area contributed by atoms with Gasteiger partial charge in [0.25, 0.3) is 0 Å². The Bertz CT molecular complexity index is 439. The van der Waals surface area contributed by atoms with Crippen LogP contribution >= 0.6 is 11.6 Å². The maximum atomic E-state index is 6.47. The monoisotopic (exact) mass is 307 g/mol. The van der Waals surface area contributed by atoms with Gasteiger partial charge in [-0.3, -0.25) is 0 Å². The Hall–Kier alpha value is -0.570. The van der Waals surface area contributed by atoms with Gasteiger partial charge in [-0.2, -0.15) is 0 Å². The lowest BCUT2D eigenvalue weighted by atomic mass is 10.1. The number of nitrogens with one attached hydrogen (secondary N) is 1. The van der Waals surface area contributed by atoms with Crippen molar-refractivity contribution in [1.82, 2.24) is 5.32 Å². The van der Waals surface area contributed by atoms with Crippen LogP contribution in [0.3, 0.4) is 0 Å². The zero-order valence-corrected chi connectivity index (χ0v) is 13.4. The normalized spacial score (nSPS) is 22.0. The molecule has 21 heavy (non-hydrogen) atoms. The first kappa shape index (κ1) is 15.3. The van der Waals surface area contributed by atoms with E-state index in [4.69, 9.17) is 16.3 Å². The fraction of sp³-hybridized carbons (Fsp3) is 0.667. The van der Waals surface area contributed by atoms with Crippen LogP contribution in [-0.2, 0) is 4.74 Å². The first-order valence-corrected chi connectivity index (χ1v) is 8.84. The molecule has 116 valence electrons. The van der Waals surface area contributed by atoms with E-state index in [2.05, 4.69) is 17.4 Å². The van der Waals surface area contributed by atoms with E-state index in [0.29, 0.717) is 12.1 Å². The Morgan fingerprint density at radius 1 is 1.05 bits per heavy atom. The van der Waals surface area contributed by atoms with Crippen molar-refractivity contribution in [3.63, 3.8) is 0 Å². The molecule has 2 aliphatic carbocycles. The minimum atomic E-state index is 0.0856. The number of ether oxygens (including phenoxy) is 1. The molecular formula is C18H26ClNO. The Labute approximate surface area is 133 Å². The Morgan fingerprint density at radius 3 is 2.43 bits per heavy atom. The van der Waals surface area contributed by atoms with Gasteiger partial charge in [-0.05, 0) is 31.7 Å². The molecule has 0 heterocycles. The number of rotatable bonds is 6. The lowest BCUT2D eigenvalue weighted by molar-refractivity contribution is -0.0202. The second kappa shape index (κ2) is 7.62. The topological polar surface area (TPSA) is 21.3 Å². The molecule has 1 N–H and O–H groups in total. The molecule has 1 atom stereocenters. The smallest absolute Gasteiger partial charge is 0.0967 e. The molecule has 0 amide bonds. The van der Waals surface area contributed by atoms with Gasteiger partial charge in [-0.1, -0.05) is 55.5 Å². The van der Waals surface area contributed by atoms with Crippen LogP contribution in [0, 0.1) is 0 Å². The number of hydrogen-bond donors (Lipinski definition) is 1. The van der Waals surface area contributed by atoms with Crippen LogP contribution in [0.2, 0.25) is 5.02 Å². The van der Waals surface area contributed by atoms with Crippen molar-refractivity contribution in [1.29, 1.82) is 0 Å². The highest BCUT2D eigenvalue weighted by molar-refractivity contribution is 6.31. The van der Waals surface area contributed by atoms with Gasteiger partial charge in [-0.15, -0.1) is 0 Å². The van der Waals surface area contributed by atoms with Crippen LogP contribution in [0.25, 0.3) is 0 Å². The quantitative estimate of drug-likeness (QED) is 0.757. The second-order valence-corrected chi connectivity index (χ2v) is 6.85. The number of hydrogen-bond acceptors (Lipinski definition) is 2. The van der Waals surface area contributed by atoms with E-state index in [-0.39, 0.29) is 6.10 Å². The SMILES string of the molecule is Clc1ccccc1C(CNC1CC1)OC1CCCCCC1. The molecule has 2 saturated carbocycles. The molecule has 0 spiro atoms. The van der Waals surface area contributed by atoms with Crippen LogP contribution in [0.1, 0.15) is 63.0 Å². The molecule has 2 aliphatic rings. The van der Waals surface area contributed by atoms with Gasteiger partial charge in [0.1, 0.15) is 0 Å². The van der Waals surface area contributed by atoms with Gasteiger partial charge < -0.3 is 10.1 Å². The third-order valence-corrected chi connectivity index (χ3v) is 4.92. The summed E-state index contributed by atoms with van der Waals surface area (Å²) in [6, 6.07) is 8.83. The third kappa shape index (κ3) is 4.70. The molecule has 0 radical (unpaired) electrons. The Morgan fingerprint density at radius 2 is 1.76 bits per heavy atom. The van der Waals surface area contributed by atoms with Crippen molar-refractivity contribution >= 4 is 11.6 Å². The first-order chi connectivity index (χ1) is 10.3. The van der Waals surface area contributed by atoms with E-state index < -0.39 is 0 Å². The van der Waals surface area contributed by atoms with Gasteiger partial charge in [0, 0.05) is 23.2 Å². The molecular weight excluding hydrogens is 282 g/mol. The highest BCUT2D eigenvalue weighted by Gasteiger charge is 2.25. The summed E-state index contributed by atoms with van der Waals surface area (Å²) < 4.78 is 6.47. The van der Waals surface area contributed by atoms with Crippen molar-refractivity contribution < 1.29 is 4.74 Å². The van der Waals surface area contributed by atoms with Crippen LogP contribution in [-0.4, -0.2) is 18.7 Å². The van der Waals surface area contributed by atoms with Crippen molar-refractivity contribution in [2.24, 2.45) is 0 Å². The summed E-state index contributed by atoms with van der Waals surface area (Å²) >= 11 is 6.39. The molecule has 3 rings (SSSR count). The van der Waals surface area contributed by atoms with Crippen LogP contribution in [0.5, 0.6) is 0 Å². The molecule has 0 bridgehead atoms. The molecule has 2 nitrogen and oxygen atoms in total. The first-order valence-electron chi connectivity index (χ1n) is 8.46. The van der Waals surface area contributed by atoms with Crippen molar-refractivity contribution in [3.05, 3.63) is 34.9 Å². The molecule has 3 heteroatoms. The van der Waals surface area contributed by atoms with Gasteiger partial charge >= 0.3 is 0 Å². The zero-order valence-electron chi connectivity index (χ0n) is 12.7. The Balaban J connectivity index is 1.66. The van der Waals surface area contributed by atoms with Crippen molar-refractivity contribution in [2.75, 3.05) is 6.54 Å². The maximum absolute atomic E-state index is 6.47. The van der Waals surface area contributed by atoms with E-state index in [0.717, 1.165) is 17.1 Å². The standard InChI is InChI=1S/C18H26ClNO/c19-17-10-6-5-9-16(17)18(13-20-14-11-12-14)21-15-7-3-1-2-4-8-15/h5-6,9-10,14-15,18,20H,1-4,7-8,11-13H2. The van der Waals surface area contributed by atoms with Crippen LogP contribution < -0.4 is 5.32 Å². The molecule has 0 aromatic heterocycles. The van der Waals surface area contributed by atoms with E-state index in [1.54, 1.807) is 0 Å². The summed E-state index contributed by atoms with van der Waals surface area (Å²) in [7, 11) is 0. The van der Waals surface area contributed by atoms with E-state index in [1.807, 2.05) is 12.1 Å². The average Bonchev–Trinajstić information content (AvgIpc) is 3.32. The third-order valence-electron chi connectivity index (χ3n) is 4.58. The minimum Gasteiger partial charge on any atom is -0.369 e. The largest absolute Gasteiger partial charge is 0.369 e. The zero-order chi connectivity index (χ0) is 14.5. The summed E-state index contributed by atoms with van der Waals surface area (Å²) in [5.74, 6) is 0. The summed E-state index contributed by atoms with van der Waals surface area (Å²) in [6.45, 7) is 0.880. The van der Waals surface area contributed by atoms with E-state index >= 15 is 0 Å². The number of benzene rings is 1. The molecule has 1 unspecified atom stereocenters. The molecule has 1 aromatic rings. The summed E-state index contributed by atoms with van der Waals surface area (Å²) in [5.41, 5.74) is 1.14. The predicted molar refractivity (Wildman–Crippen MR) is 87.8 cm³/mol. The van der Waals surface area contributed by atoms with Crippen LogP contribution in [0.4, 0.5) is 0 Å². The lowest BCUT2D eigenvalue weighted by Gasteiger charge is -2.25. The average molecular weight is 308 g/mol. The van der Waals surface area contributed by atoms with Gasteiger partial charge in [0.15, 0.2) is 0 Å². The van der Waals surface area contributed by atoms with Crippen molar-refractivity contribution in [3.8, 4) is 0 Å². The fourth-order valence-corrected chi connectivity index (χ4v) is 3.40. The summed E-state index contributed by atoms with van der Waals surface area (Å²) in [4.78, 5) is 0. The van der Waals surface area contributed by atoms with E-state index in [9.17, 15) is 0 Å². The fourth-order valence-electron chi connectivity index (χ4n) is 3.14. The van der Waals surface area contributed by atoms with Crippen LogP contribution in [0.15, 0.2) is 24.3 Å². The highest BCUT2D eigenvalue weighted by Crippen LogP contribution is 2.31.